The molecular weight excluding hydrogens is 290 g/mol. The lowest BCUT2D eigenvalue weighted by Gasteiger charge is -2.45. The van der Waals surface area contributed by atoms with Gasteiger partial charge in [-0.3, -0.25) is 4.90 Å². The van der Waals surface area contributed by atoms with E-state index in [1.165, 1.54) is 12.8 Å². The molecule has 122 valence electrons. The van der Waals surface area contributed by atoms with E-state index in [0.717, 1.165) is 32.4 Å². The summed E-state index contributed by atoms with van der Waals surface area (Å²) < 4.78 is 28.9. The van der Waals surface area contributed by atoms with E-state index in [1.807, 2.05) is 0 Å². The molecule has 0 radical (unpaired) electrons. The summed E-state index contributed by atoms with van der Waals surface area (Å²) in [5, 5.41) is 9.30. The van der Waals surface area contributed by atoms with Gasteiger partial charge in [-0.25, -0.2) is 0 Å². The van der Waals surface area contributed by atoms with Gasteiger partial charge in [-0.1, -0.05) is 6.42 Å². The third kappa shape index (κ3) is 3.27. The summed E-state index contributed by atoms with van der Waals surface area (Å²) in [6.45, 7) is 4.40. The minimum Gasteiger partial charge on any atom is -0.396 e. The summed E-state index contributed by atoms with van der Waals surface area (Å²) >= 11 is 0. The van der Waals surface area contributed by atoms with Crippen molar-refractivity contribution in [3.8, 4) is 0 Å². The number of aliphatic hydroxyl groups excluding tert-OH is 1. The van der Waals surface area contributed by atoms with Crippen LogP contribution in [-0.4, -0.2) is 79.0 Å². The van der Waals surface area contributed by atoms with Crippen LogP contribution in [0, 0.1) is 5.92 Å². The number of rotatable bonds is 3. The molecule has 0 spiro atoms. The zero-order valence-electron chi connectivity index (χ0n) is 12.7. The van der Waals surface area contributed by atoms with Crippen LogP contribution in [0.5, 0.6) is 0 Å². The van der Waals surface area contributed by atoms with Gasteiger partial charge in [0, 0.05) is 45.4 Å². The molecule has 0 aromatic carbocycles. The zero-order chi connectivity index (χ0) is 14.9. The molecule has 1 N–H and O–H groups in total. The Bertz CT molecular complexity index is 456. The summed E-state index contributed by atoms with van der Waals surface area (Å²) in [6, 6.07) is 0.403. The standard InChI is InChI=1S/C14H27N3O3S/c18-12-13-4-3-7-16(10-13)21(19,20)17-9-8-15-6-2-1-5-14(15)11-17/h13-14,18H,1-12H2. The normalized spacial score (nSPS) is 33.8. The van der Waals surface area contributed by atoms with Gasteiger partial charge in [0.2, 0.25) is 0 Å². The lowest BCUT2D eigenvalue weighted by Crippen LogP contribution is -2.59. The maximum atomic E-state index is 12.8. The van der Waals surface area contributed by atoms with Crippen molar-refractivity contribution in [1.29, 1.82) is 0 Å². The first-order valence-corrected chi connectivity index (χ1v) is 9.61. The first-order valence-electron chi connectivity index (χ1n) is 8.21. The molecule has 3 rings (SSSR count). The molecule has 7 heteroatoms. The van der Waals surface area contributed by atoms with Gasteiger partial charge in [0.1, 0.15) is 0 Å². The number of aliphatic hydroxyl groups is 1. The van der Waals surface area contributed by atoms with Crippen molar-refractivity contribution >= 4 is 10.2 Å². The Kier molecular flexibility index (Phi) is 4.85. The van der Waals surface area contributed by atoms with Crippen molar-refractivity contribution in [2.45, 2.75) is 38.1 Å². The summed E-state index contributed by atoms with van der Waals surface area (Å²) in [6.07, 6.45) is 5.36. The van der Waals surface area contributed by atoms with Crippen LogP contribution in [-0.2, 0) is 10.2 Å². The third-order valence-corrected chi connectivity index (χ3v) is 7.16. The average Bonchev–Trinajstić information content (AvgIpc) is 2.54. The molecule has 0 aliphatic carbocycles. The van der Waals surface area contributed by atoms with Gasteiger partial charge < -0.3 is 5.11 Å². The van der Waals surface area contributed by atoms with Gasteiger partial charge in [0.15, 0.2) is 0 Å². The van der Waals surface area contributed by atoms with E-state index in [2.05, 4.69) is 4.90 Å². The number of hydrogen-bond donors (Lipinski definition) is 1. The molecule has 21 heavy (non-hydrogen) atoms. The van der Waals surface area contributed by atoms with E-state index in [-0.39, 0.29) is 12.5 Å². The van der Waals surface area contributed by atoms with Crippen LogP contribution in [0.2, 0.25) is 0 Å². The van der Waals surface area contributed by atoms with Crippen LogP contribution in [0.1, 0.15) is 32.1 Å². The van der Waals surface area contributed by atoms with Gasteiger partial charge >= 0.3 is 0 Å². The molecular formula is C14H27N3O3S. The second-order valence-corrected chi connectivity index (χ2v) is 8.53. The fraction of sp³-hybridized carbons (Fsp3) is 1.00. The van der Waals surface area contributed by atoms with Crippen molar-refractivity contribution in [2.24, 2.45) is 5.92 Å². The lowest BCUT2D eigenvalue weighted by atomic mass is 10.0. The molecule has 2 unspecified atom stereocenters. The molecule has 0 aromatic rings. The fourth-order valence-electron chi connectivity index (χ4n) is 3.89. The fourth-order valence-corrected chi connectivity index (χ4v) is 5.64. The number of fused-ring (bicyclic) bond motifs is 1. The van der Waals surface area contributed by atoms with Gasteiger partial charge in [0.25, 0.3) is 10.2 Å². The lowest BCUT2D eigenvalue weighted by molar-refractivity contribution is 0.0798. The van der Waals surface area contributed by atoms with Crippen molar-refractivity contribution in [2.75, 3.05) is 45.9 Å². The number of piperidine rings is 2. The van der Waals surface area contributed by atoms with E-state index in [1.54, 1.807) is 8.61 Å². The van der Waals surface area contributed by atoms with E-state index < -0.39 is 10.2 Å². The van der Waals surface area contributed by atoms with Crippen LogP contribution < -0.4 is 0 Å². The second-order valence-electron chi connectivity index (χ2n) is 6.60. The molecule has 0 bridgehead atoms. The maximum absolute atomic E-state index is 12.8. The summed E-state index contributed by atoms with van der Waals surface area (Å²) in [5.41, 5.74) is 0. The highest BCUT2D eigenvalue weighted by Crippen LogP contribution is 2.26. The Morgan fingerprint density at radius 3 is 2.52 bits per heavy atom. The van der Waals surface area contributed by atoms with Gasteiger partial charge in [-0.15, -0.1) is 0 Å². The molecule has 0 aromatic heterocycles. The van der Waals surface area contributed by atoms with E-state index in [0.29, 0.717) is 32.2 Å². The summed E-state index contributed by atoms with van der Waals surface area (Å²) in [5.74, 6) is 0.101. The highest BCUT2D eigenvalue weighted by molar-refractivity contribution is 7.86. The smallest absolute Gasteiger partial charge is 0.282 e. The maximum Gasteiger partial charge on any atom is 0.282 e. The van der Waals surface area contributed by atoms with E-state index in [4.69, 9.17) is 0 Å². The topological polar surface area (TPSA) is 64.1 Å². The quantitative estimate of drug-likeness (QED) is 0.802. The Morgan fingerprint density at radius 1 is 0.905 bits per heavy atom. The second kappa shape index (κ2) is 6.50. The van der Waals surface area contributed by atoms with E-state index >= 15 is 0 Å². The molecule has 3 fully saturated rings. The molecule has 3 aliphatic rings. The predicted octanol–water partition coefficient (Wildman–Crippen LogP) is 0.106. The number of piperazine rings is 1. The first-order chi connectivity index (χ1) is 10.1. The Balaban J connectivity index is 1.67. The van der Waals surface area contributed by atoms with Crippen LogP contribution in [0.25, 0.3) is 0 Å². The highest BCUT2D eigenvalue weighted by atomic mass is 32.2. The highest BCUT2D eigenvalue weighted by Gasteiger charge is 2.38. The van der Waals surface area contributed by atoms with Gasteiger partial charge in [-0.2, -0.15) is 17.0 Å². The minimum atomic E-state index is -3.35. The summed E-state index contributed by atoms with van der Waals surface area (Å²) in [4.78, 5) is 2.45. The van der Waals surface area contributed by atoms with Crippen LogP contribution >= 0.6 is 0 Å². The van der Waals surface area contributed by atoms with Crippen LogP contribution in [0.3, 0.4) is 0 Å². The van der Waals surface area contributed by atoms with Crippen LogP contribution in [0.15, 0.2) is 0 Å². The van der Waals surface area contributed by atoms with E-state index in [9.17, 15) is 13.5 Å². The molecule has 6 nitrogen and oxygen atoms in total. The first kappa shape index (κ1) is 15.7. The van der Waals surface area contributed by atoms with Crippen molar-refractivity contribution in [3.63, 3.8) is 0 Å². The molecule has 3 aliphatic heterocycles. The largest absolute Gasteiger partial charge is 0.396 e. The zero-order valence-corrected chi connectivity index (χ0v) is 13.5. The third-order valence-electron chi connectivity index (χ3n) is 5.19. The van der Waals surface area contributed by atoms with Crippen molar-refractivity contribution in [1.82, 2.24) is 13.5 Å². The molecule has 2 atom stereocenters. The summed E-state index contributed by atoms with van der Waals surface area (Å²) in [7, 11) is -3.35. The monoisotopic (exact) mass is 317 g/mol. The molecule has 0 amide bonds. The minimum absolute atomic E-state index is 0.0857. The Hall–Kier alpha value is -0.210. The van der Waals surface area contributed by atoms with Gasteiger partial charge in [-0.05, 0) is 38.1 Å². The average molecular weight is 317 g/mol. The predicted molar refractivity (Wildman–Crippen MR) is 81.1 cm³/mol. The Labute approximate surface area is 127 Å². The van der Waals surface area contributed by atoms with Crippen LogP contribution in [0.4, 0.5) is 0 Å². The molecule has 3 saturated heterocycles. The number of nitrogens with zero attached hydrogens (tertiary/aromatic N) is 3. The van der Waals surface area contributed by atoms with Gasteiger partial charge in [0.05, 0.1) is 0 Å². The SMILES string of the molecule is O=S(=O)(N1CCCC(CO)C1)N1CCN2CCCCC2C1. The van der Waals surface area contributed by atoms with Crippen molar-refractivity contribution in [3.05, 3.63) is 0 Å². The Morgan fingerprint density at radius 2 is 1.71 bits per heavy atom. The molecule has 0 saturated carbocycles. The number of hydrogen-bond acceptors (Lipinski definition) is 4. The van der Waals surface area contributed by atoms with Crippen molar-refractivity contribution < 1.29 is 13.5 Å². The molecule has 3 heterocycles.